The minimum absolute atomic E-state index is 0.112. The molecule has 0 radical (unpaired) electrons. The summed E-state index contributed by atoms with van der Waals surface area (Å²) in [4.78, 5) is 0. The van der Waals surface area contributed by atoms with Gasteiger partial charge in [-0.15, -0.1) is 0 Å². The first-order valence-corrected chi connectivity index (χ1v) is 3.10. The van der Waals surface area contributed by atoms with Crippen molar-refractivity contribution in [3.05, 3.63) is 12.2 Å². The molecule has 3 nitrogen and oxygen atoms in total. The van der Waals surface area contributed by atoms with Gasteiger partial charge in [0.25, 0.3) is 0 Å². The van der Waals surface area contributed by atoms with Crippen LogP contribution in [0.25, 0.3) is 0 Å². The van der Waals surface area contributed by atoms with E-state index in [-0.39, 0.29) is 6.23 Å². The van der Waals surface area contributed by atoms with Crippen LogP contribution in [0.5, 0.6) is 0 Å². The molecule has 0 unspecified atom stereocenters. The zero-order chi connectivity index (χ0) is 6.69. The first kappa shape index (κ1) is 6.74. The average Bonchev–Trinajstić information content (AvgIpc) is 1.89. The van der Waals surface area contributed by atoms with Crippen LogP contribution in [0.2, 0.25) is 0 Å². The monoisotopic (exact) mass is 128 g/mol. The van der Waals surface area contributed by atoms with Crippen LogP contribution in [0.1, 0.15) is 12.8 Å². The van der Waals surface area contributed by atoms with Gasteiger partial charge in [0.2, 0.25) is 0 Å². The third-order valence-corrected chi connectivity index (χ3v) is 1.45. The molecule has 1 fully saturated rings. The van der Waals surface area contributed by atoms with Gasteiger partial charge in [-0.25, -0.2) is 5.43 Å². The number of rotatable bonds is 1. The molecular weight excluding hydrogens is 116 g/mol. The van der Waals surface area contributed by atoms with Gasteiger partial charge in [-0.3, -0.25) is 5.84 Å². The highest BCUT2D eigenvalue weighted by Crippen LogP contribution is 2.14. The van der Waals surface area contributed by atoms with Crippen molar-refractivity contribution >= 4 is 0 Å². The lowest BCUT2D eigenvalue weighted by Gasteiger charge is -2.23. The Morgan fingerprint density at radius 2 is 2.56 bits per heavy atom. The van der Waals surface area contributed by atoms with Crippen molar-refractivity contribution in [2.75, 3.05) is 6.61 Å². The summed E-state index contributed by atoms with van der Waals surface area (Å²) in [7, 11) is 0. The smallest absolute Gasteiger partial charge is 0.142 e. The topological polar surface area (TPSA) is 47.3 Å². The van der Waals surface area contributed by atoms with Crippen LogP contribution in [0.3, 0.4) is 0 Å². The average molecular weight is 128 g/mol. The van der Waals surface area contributed by atoms with E-state index >= 15 is 0 Å². The van der Waals surface area contributed by atoms with Gasteiger partial charge < -0.3 is 4.74 Å². The molecule has 0 aromatic rings. The van der Waals surface area contributed by atoms with Crippen LogP contribution in [-0.4, -0.2) is 12.8 Å². The highest BCUT2D eigenvalue weighted by atomic mass is 16.5. The SMILES string of the molecule is C=C1CCCO[C@@H]1NN. The number of hydrazine groups is 1. The highest BCUT2D eigenvalue weighted by molar-refractivity contribution is 5.02. The third kappa shape index (κ3) is 1.51. The van der Waals surface area contributed by atoms with E-state index in [2.05, 4.69) is 12.0 Å². The van der Waals surface area contributed by atoms with Gasteiger partial charge in [-0.2, -0.15) is 0 Å². The summed E-state index contributed by atoms with van der Waals surface area (Å²) in [5.74, 6) is 5.16. The molecule has 3 N–H and O–H groups in total. The Morgan fingerprint density at radius 3 is 3.00 bits per heavy atom. The first-order chi connectivity index (χ1) is 4.34. The zero-order valence-corrected chi connectivity index (χ0v) is 5.39. The van der Waals surface area contributed by atoms with Crippen LogP contribution < -0.4 is 11.3 Å². The Bertz CT molecular complexity index is 114. The summed E-state index contributed by atoms with van der Waals surface area (Å²) in [6.07, 6.45) is 1.98. The van der Waals surface area contributed by atoms with Crippen molar-refractivity contribution in [3.8, 4) is 0 Å². The van der Waals surface area contributed by atoms with Gasteiger partial charge in [0.1, 0.15) is 6.23 Å². The second-order valence-electron chi connectivity index (χ2n) is 2.18. The molecule has 1 aliphatic rings. The summed E-state index contributed by atoms with van der Waals surface area (Å²) in [5, 5.41) is 0. The summed E-state index contributed by atoms with van der Waals surface area (Å²) >= 11 is 0. The Kier molecular flexibility index (Phi) is 2.22. The predicted molar refractivity (Wildman–Crippen MR) is 35.4 cm³/mol. The van der Waals surface area contributed by atoms with Crippen molar-refractivity contribution in [2.24, 2.45) is 5.84 Å². The van der Waals surface area contributed by atoms with Gasteiger partial charge >= 0.3 is 0 Å². The molecule has 52 valence electrons. The van der Waals surface area contributed by atoms with Crippen molar-refractivity contribution in [3.63, 3.8) is 0 Å². The maximum absolute atomic E-state index is 5.20. The Labute approximate surface area is 54.8 Å². The van der Waals surface area contributed by atoms with Crippen molar-refractivity contribution in [1.82, 2.24) is 5.43 Å². The molecule has 1 aliphatic heterocycles. The third-order valence-electron chi connectivity index (χ3n) is 1.45. The molecule has 0 saturated carbocycles. The molecule has 0 aliphatic carbocycles. The van der Waals surface area contributed by atoms with Crippen LogP contribution >= 0.6 is 0 Å². The summed E-state index contributed by atoms with van der Waals surface area (Å²) in [6.45, 7) is 4.58. The van der Waals surface area contributed by atoms with E-state index < -0.39 is 0 Å². The molecule has 0 amide bonds. The van der Waals surface area contributed by atoms with Crippen LogP contribution in [0.15, 0.2) is 12.2 Å². The molecule has 1 heterocycles. The largest absolute Gasteiger partial charge is 0.358 e. The lowest BCUT2D eigenvalue weighted by molar-refractivity contribution is 0.0318. The molecule has 0 bridgehead atoms. The highest BCUT2D eigenvalue weighted by Gasteiger charge is 2.14. The maximum atomic E-state index is 5.20. The number of nitrogens with two attached hydrogens (primary N) is 1. The van der Waals surface area contributed by atoms with E-state index in [0.717, 1.165) is 25.0 Å². The van der Waals surface area contributed by atoms with E-state index in [1.54, 1.807) is 0 Å². The molecule has 0 aromatic carbocycles. The fourth-order valence-electron chi connectivity index (χ4n) is 0.915. The van der Waals surface area contributed by atoms with Crippen molar-refractivity contribution in [2.45, 2.75) is 19.1 Å². The second kappa shape index (κ2) is 2.96. The molecule has 3 heteroatoms. The molecule has 0 aromatic heterocycles. The Morgan fingerprint density at radius 1 is 1.78 bits per heavy atom. The van der Waals surface area contributed by atoms with Crippen molar-refractivity contribution in [1.29, 1.82) is 0 Å². The minimum atomic E-state index is -0.112. The van der Waals surface area contributed by atoms with Crippen molar-refractivity contribution < 1.29 is 4.74 Å². The van der Waals surface area contributed by atoms with Crippen LogP contribution in [-0.2, 0) is 4.74 Å². The second-order valence-corrected chi connectivity index (χ2v) is 2.18. The van der Waals surface area contributed by atoms with Gasteiger partial charge in [0.15, 0.2) is 0 Å². The number of hydrogen-bond donors (Lipinski definition) is 2. The standard InChI is InChI=1S/C6H12N2O/c1-5-3-2-4-9-6(5)8-7/h6,8H,1-4,7H2/t6-/m0/s1. The zero-order valence-electron chi connectivity index (χ0n) is 5.39. The summed E-state index contributed by atoms with van der Waals surface area (Å²) < 4.78 is 5.20. The molecule has 9 heavy (non-hydrogen) atoms. The van der Waals surface area contributed by atoms with Gasteiger partial charge in [-0.1, -0.05) is 6.58 Å². The molecule has 1 atom stereocenters. The molecule has 1 saturated heterocycles. The number of hydrogen-bond acceptors (Lipinski definition) is 3. The van der Waals surface area contributed by atoms with E-state index in [0.29, 0.717) is 0 Å². The Hall–Kier alpha value is -0.380. The number of ether oxygens (including phenoxy) is 1. The molecular formula is C6H12N2O. The van der Waals surface area contributed by atoms with Gasteiger partial charge in [0, 0.05) is 6.61 Å². The summed E-state index contributed by atoms with van der Waals surface area (Å²) in [5.41, 5.74) is 3.58. The van der Waals surface area contributed by atoms with Crippen LogP contribution in [0, 0.1) is 0 Å². The first-order valence-electron chi connectivity index (χ1n) is 3.10. The minimum Gasteiger partial charge on any atom is -0.358 e. The van der Waals surface area contributed by atoms with E-state index in [1.165, 1.54) is 0 Å². The van der Waals surface area contributed by atoms with Gasteiger partial charge in [0.05, 0.1) is 0 Å². The fourth-order valence-corrected chi connectivity index (χ4v) is 0.915. The predicted octanol–water partition coefficient (Wildman–Crippen LogP) is 0.142. The molecule has 0 spiro atoms. The maximum Gasteiger partial charge on any atom is 0.142 e. The van der Waals surface area contributed by atoms with E-state index in [9.17, 15) is 0 Å². The van der Waals surface area contributed by atoms with Gasteiger partial charge in [-0.05, 0) is 18.4 Å². The Balaban J connectivity index is 2.39. The quantitative estimate of drug-likeness (QED) is 0.300. The lowest BCUT2D eigenvalue weighted by Crippen LogP contribution is -2.40. The fraction of sp³-hybridized carbons (Fsp3) is 0.667. The lowest BCUT2D eigenvalue weighted by atomic mass is 10.1. The number of nitrogens with one attached hydrogen (secondary N) is 1. The summed E-state index contributed by atoms with van der Waals surface area (Å²) in [6, 6.07) is 0. The molecule has 1 rings (SSSR count). The van der Waals surface area contributed by atoms with E-state index in [1.807, 2.05) is 0 Å². The van der Waals surface area contributed by atoms with E-state index in [4.69, 9.17) is 10.6 Å². The normalized spacial score (nSPS) is 28.6. The van der Waals surface area contributed by atoms with Crippen LogP contribution in [0.4, 0.5) is 0 Å².